The number of fused-ring (bicyclic) bond motifs is 1. The van der Waals surface area contributed by atoms with Gasteiger partial charge in [0.1, 0.15) is 23.9 Å². The third-order valence-electron chi connectivity index (χ3n) is 9.34. The number of carbonyl (C=O) groups excluding carboxylic acids is 1. The Morgan fingerprint density at radius 1 is 1.13 bits per heavy atom. The highest BCUT2D eigenvalue weighted by atomic mass is 16.5. The topological polar surface area (TPSA) is 141 Å². The van der Waals surface area contributed by atoms with Gasteiger partial charge in [0.15, 0.2) is 12.2 Å². The van der Waals surface area contributed by atoms with E-state index in [9.17, 15) is 9.90 Å². The molecule has 0 aliphatic carbocycles. The number of benzene rings is 1. The summed E-state index contributed by atoms with van der Waals surface area (Å²) in [6.07, 6.45) is 1.56. The molecule has 1 atom stereocenters. The number of amides is 1. The largest absolute Gasteiger partial charge is 0.485 e. The molecule has 6 rings (SSSR count). The van der Waals surface area contributed by atoms with Crippen molar-refractivity contribution < 1.29 is 23.8 Å². The van der Waals surface area contributed by atoms with E-state index >= 15 is 0 Å². The standard InChI is InChI=1S/C34H48N8O5/c1-22-27-8-9-40(16-24(27)6-7-29(22)46-20-30-23(2)36-21-47-30)17-26(43)15-35-32(44)28-14-31(37-25-18-45-19-25)39-33(38-28)41-10-12-42(13-11-41)34(3,4)5/h6-7,14,21,25-26,43H,8-13,15-20H2,1-5H3,(H,35,44)(H,37,38,39). The normalized spacial score (nSPS) is 18.4. The average molecular weight is 649 g/mol. The highest BCUT2D eigenvalue weighted by molar-refractivity contribution is 5.93. The van der Waals surface area contributed by atoms with Gasteiger partial charge in [0.2, 0.25) is 5.95 Å². The maximum Gasteiger partial charge on any atom is 0.270 e. The molecule has 0 bridgehead atoms. The number of ether oxygens (including phenoxy) is 2. The van der Waals surface area contributed by atoms with Crippen molar-refractivity contribution in [3.63, 3.8) is 0 Å². The molecule has 1 aromatic carbocycles. The van der Waals surface area contributed by atoms with E-state index in [1.165, 1.54) is 17.5 Å². The van der Waals surface area contributed by atoms with Crippen molar-refractivity contribution in [2.24, 2.45) is 0 Å². The number of nitrogens with one attached hydrogen (secondary N) is 2. The number of β-amino-alcohol motifs (C(OH)–C–C–N with tert-alkyl or cyclic N) is 1. The van der Waals surface area contributed by atoms with Gasteiger partial charge in [0, 0.05) is 64.0 Å². The molecule has 0 radical (unpaired) electrons. The summed E-state index contributed by atoms with van der Waals surface area (Å²) in [4.78, 5) is 33.7. The maximum absolute atomic E-state index is 13.3. The summed E-state index contributed by atoms with van der Waals surface area (Å²) in [5.74, 6) is 2.39. The lowest BCUT2D eigenvalue weighted by molar-refractivity contribution is 0.0209. The van der Waals surface area contributed by atoms with Crippen LogP contribution in [0.2, 0.25) is 0 Å². The van der Waals surface area contributed by atoms with Gasteiger partial charge in [-0.2, -0.15) is 4.98 Å². The molecule has 2 aromatic heterocycles. The number of aryl methyl sites for hydroxylation is 1. The summed E-state index contributed by atoms with van der Waals surface area (Å²) in [5, 5.41) is 17.2. The van der Waals surface area contributed by atoms with Crippen LogP contribution in [-0.4, -0.2) is 112 Å². The number of carbonyl (C=O) groups is 1. The number of oxazole rings is 1. The van der Waals surface area contributed by atoms with Crippen LogP contribution in [-0.2, 0) is 24.3 Å². The second-order valence-electron chi connectivity index (χ2n) is 13.8. The van der Waals surface area contributed by atoms with E-state index in [0.717, 1.165) is 68.5 Å². The molecule has 3 aromatic rings. The first-order chi connectivity index (χ1) is 22.5. The van der Waals surface area contributed by atoms with Crippen LogP contribution in [0.1, 0.15) is 59.4 Å². The lowest BCUT2D eigenvalue weighted by atomic mass is 9.94. The van der Waals surface area contributed by atoms with Gasteiger partial charge >= 0.3 is 0 Å². The number of hydrogen-bond donors (Lipinski definition) is 3. The number of aliphatic hydroxyl groups is 1. The fourth-order valence-corrected chi connectivity index (χ4v) is 6.33. The van der Waals surface area contributed by atoms with E-state index in [2.05, 4.69) is 69.1 Å². The Morgan fingerprint density at radius 3 is 2.60 bits per heavy atom. The van der Waals surface area contributed by atoms with E-state index in [0.29, 0.717) is 38.1 Å². The van der Waals surface area contributed by atoms with Gasteiger partial charge < -0.3 is 34.5 Å². The molecule has 47 heavy (non-hydrogen) atoms. The Balaban J connectivity index is 1.03. The molecule has 1 unspecified atom stereocenters. The molecule has 5 heterocycles. The molecular weight excluding hydrogens is 600 g/mol. The lowest BCUT2D eigenvalue weighted by Gasteiger charge is -2.42. The van der Waals surface area contributed by atoms with E-state index in [1.807, 2.05) is 13.0 Å². The van der Waals surface area contributed by atoms with Crippen molar-refractivity contribution in [3.05, 3.63) is 58.4 Å². The smallest absolute Gasteiger partial charge is 0.270 e. The van der Waals surface area contributed by atoms with E-state index in [4.69, 9.17) is 18.9 Å². The predicted molar refractivity (Wildman–Crippen MR) is 178 cm³/mol. The molecule has 0 spiro atoms. The fourth-order valence-electron chi connectivity index (χ4n) is 6.33. The zero-order chi connectivity index (χ0) is 33.1. The van der Waals surface area contributed by atoms with E-state index in [1.54, 1.807) is 6.07 Å². The Bertz CT molecular complexity index is 1540. The molecule has 254 valence electrons. The van der Waals surface area contributed by atoms with Crippen LogP contribution in [0.25, 0.3) is 0 Å². The maximum atomic E-state index is 13.3. The zero-order valence-corrected chi connectivity index (χ0v) is 28.2. The molecule has 13 heteroatoms. The highest BCUT2D eigenvalue weighted by Crippen LogP contribution is 2.30. The zero-order valence-electron chi connectivity index (χ0n) is 28.2. The summed E-state index contributed by atoms with van der Waals surface area (Å²) < 4.78 is 16.8. The van der Waals surface area contributed by atoms with Crippen LogP contribution in [0.4, 0.5) is 11.8 Å². The van der Waals surface area contributed by atoms with Crippen LogP contribution >= 0.6 is 0 Å². The molecule has 2 fully saturated rings. The van der Waals surface area contributed by atoms with Crippen LogP contribution in [0.5, 0.6) is 5.75 Å². The Hall–Kier alpha value is -3.78. The van der Waals surface area contributed by atoms with Crippen LogP contribution in [0, 0.1) is 13.8 Å². The number of aliphatic hydroxyl groups excluding tert-OH is 1. The molecule has 13 nitrogen and oxygen atoms in total. The highest BCUT2D eigenvalue weighted by Gasteiger charge is 2.29. The number of hydrogen-bond acceptors (Lipinski definition) is 12. The van der Waals surface area contributed by atoms with Crippen molar-refractivity contribution in [1.82, 2.24) is 30.1 Å². The van der Waals surface area contributed by atoms with Gasteiger partial charge in [-0.05, 0) is 63.8 Å². The average Bonchev–Trinajstić information content (AvgIpc) is 3.45. The second-order valence-corrected chi connectivity index (χ2v) is 13.8. The molecule has 2 saturated heterocycles. The molecular formula is C34H48N8O5. The van der Waals surface area contributed by atoms with E-state index < -0.39 is 6.10 Å². The molecule has 1 amide bonds. The Kier molecular flexibility index (Phi) is 9.97. The van der Waals surface area contributed by atoms with Crippen molar-refractivity contribution >= 4 is 17.7 Å². The first kappa shape index (κ1) is 33.1. The molecule has 3 aliphatic rings. The number of anilines is 2. The van der Waals surface area contributed by atoms with Crippen molar-refractivity contribution in [2.45, 2.75) is 71.9 Å². The number of rotatable bonds is 11. The summed E-state index contributed by atoms with van der Waals surface area (Å²) in [7, 11) is 0. The minimum Gasteiger partial charge on any atom is -0.485 e. The lowest BCUT2D eigenvalue weighted by Crippen LogP contribution is -2.53. The molecule has 3 aliphatic heterocycles. The van der Waals surface area contributed by atoms with Gasteiger partial charge in [0.05, 0.1) is 31.1 Å². The van der Waals surface area contributed by atoms with Crippen molar-refractivity contribution in [2.75, 3.05) is 69.2 Å². The van der Waals surface area contributed by atoms with Gasteiger partial charge in [-0.25, -0.2) is 9.97 Å². The monoisotopic (exact) mass is 648 g/mol. The fraction of sp³-hybridized carbons (Fsp3) is 0.588. The summed E-state index contributed by atoms with van der Waals surface area (Å²) in [6, 6.07) is 5.95. The summed E-state index contributed by atoms with van der Waals surface area (Å²) in [6.45, 7) is 17.7. The van der Waals surface area contributed by atoms with E-state index in [-0.39, 0.29) is 29.7 Å². The summed E-state index contributed by atoms with van der Waals surface area (Å²) >= 11 is 0. The van der Waals surface area contributed by atoms with Crippen molar-refractivity contribution in [1.29, 1.82) is 0 Å². The van der Waals surface area contributed by atoms with Gasteiger partial charge in [-0.15, -0.1) is 0 Å². The SMILES string of the molecule is Cc1ncoc1COc1ccc2c(c1C)CCN(CC(O)CNC(=O)c1cc(NC3COC3)nc(N3CCN(C(C)(C)C)CC3)n1)C2. The Morgan fingerprint density at radius 2 is 1.91 bits per heavy atom. The quantitative estimate of drug-likeness (QED) is 0.281. The summed E-state index contributed by atoms with van der Waals surface area (Å²) in [5.41, 5.74) is 4.85. The van der Waals surface area contributed by atoms with Gasteiger partial charge in [-0.3, -0.25) is 14.6 Å². The minimum absolute atomic E-state index is 0.0973. The number of piperazine rings is 1. The Labute approximate surface area is 276 Å². The third kappa shape index (κ3) is 8.03. The minimum atomic E-state index is -0.731. The first-order valence-electron chi connectivity index (χ1n) is 16.6. The molecule has 0 saturated carbocycles. The number of nitrogens with zero attached hydrogens (tertiary/aromatic N) is 6. The van der Waals surface area contributed by atoms with Crippen LogP contribution in [0.15, 0.2) is 29.0 Å². The van der Waals surface area contributed by atoms with Gasteiger partial charge in [-0.1, -0.05) is 6.07 Å². The van der Waals surface area contributed by atoms with Gasteiger partial charge in [0.25, 0.3) is 5.91 Å². The second kappa shape index (κ2) is 14.1. The first-order valence-corrected chi connectivity index (χ1v) is 16.6. The number of aromatic nitrogens is 3. The third-order valence-corrected chi connectivity index (χ3v) is 9.34. The van der Waals surface area contributed by atoms with Crippen molar-refractivity contribution in [3.8, 4) is 5.75 Å². The van der Waals surface area contributed by atoms with Crippen LogP contribution in [0.3, 0.4) is 0 Å². The predicted octanol–water partition coefficient (Wildman–Crippen LogP) is 2.54. The molecule has 3 N–H and O–H groups in total. The van der Waals surface area contributed by atoms with Crippen LogP contribution < -0.4 is 20.3 Å².